The maximum absolute atomic E-state index is 12.8. The van der Waals surface area contributed by atoms with E-state index >= 15 is 0 Å². The Bertz CT molecular complexity index is 459. The highest BCUT2D eigenvalue weighted by atomic mass is 32.1. The molecule has 0 unspecified atom stereocenters. The summed E-state index contributed by atoms with van der Waals surface area (Å²) >= 11 is 1.71. The minimum atomic E-state index is -0.205. The molecule has 2 aromatic rings. The first-order valence-electron chi connectivity index (χ1n) is 4.93. The van der Waals surface area contributed by atoms with Crippen LogP contribution in [0.3, 0.4) is 0 Å². The minimum Gasteiger partial charge on any atom is -0.241 e. The van der Waals surface area contributed by atoms with Gasteiger partial charge in [-0.1, -0.05) is 6.92 Å². The third-order valence-electron chi connectivity index (χ3n) is 2.24. The first-order valence-corrected chi connectivity index (χ1v) is 5.74. The summed E-state index contributed by atoms with van der Waals surface area (Å²) in [6.45, 7) is 4.11. The molecule has 1 nitrogen and oxygen atoms in total. The lowest BCUT2D eigenvalue weighted by Crippen LogP contribution is -1.84. The number of rotatable bonds is 2. The molecule has 0 spiro atoms. The van der Waals surface area contributed by atoms with Crippen LogP contribution in [-0.4, -0.2) is 4.98 Å². The van der Waals surface area contributed by atoms with E-state index < -0.39 is 0 Å². The molecule has 0 aliphatic heterocycles. The van der Waals surface area contributed by atoms with Gasteiger partial charge < -0.3 is 0 Å². The molecule has 0 atom stereocenters. The number of aromatic nitrogens is 1. The predicted octanol–water partition coefficient (Wildman–Crippen LogP) is 3.82. The van der Waals surface area contributed by atoms with Crippen molar-refractivity contribution in [3.63, 3.8) is 0 Å². The Hall–Kier alpha value is -1.22. The van der Waals surface area contributed by atoms with Crippen molar-refractivity contribution >= 4 is 11.3 Å². The van der Waals surface area contributed by atoms with E-state index in [9.17, 15) is 4.39 Å². The molecule has 3 heteroatoms. The Morgan fingerprint density at radius 1 is 1.27 bits per heavy atom. The van der Waals surface area contributed by atoms with Crippen LogP contribution in [0.2, 0.25) is 0 Å². The third kappa shape index (κ3) is 2.07. The molecule has 0 amide bonds. The largest absolute Gasteiger partial charge is 0.241 e. The number of hydrogen-bond acceptors (Lipinski definition) is 2. The maximum Gasteiger partial charge on any atom is 0.123 e. The molecule has 0 saturated heterocycles. The SMILES string of the molecule is CCc1sc(C)nc1-c1ccc(F)cc1. The Labute approximate surface area is 92.6 Å². The summed E-state index contributed by atoms with van der Waals surface area (Å²) in [6.07, 6.45) is 0.970. The summed E-state index contributed by atoms with van der Waals surface area (Å²) in [5.41, 5.74) is 2.00. The zero-order valence-corrected chi connectivity index (χ0v) is 9.57. The maximum atomic E-state index is 12.8. The smallest absolute Gasteiger partial charge is 0.123 e. The van der Waals surface area contributed by atoms with Crippen molar-refractivity contribution in [3.8, 4) is 11.3 Å². The van der Waals surface area contributed by atoms with Crippen LogP contribution in [0.1, 0.15) is 16.8 Å². The van der Waals surface area contributed by atoms with Gasteiger partial charge in [-0.3, -0.25) is 0 Å². The lowest BCUT2D eigenvalue weighted by molar-refractivity contribution is 0.628. The van der Waals surface area contributed by atoms with Crippen LogP contribution in [0, 0.1) is 12.7 Å². The molecule has 0 saturated carbocycles. The van der Waals surface area contributed by atoms with Gasteiger partial charge in [0.1, 0.15) is 5.82 Å². The van der Waals surface area contributed by atoms with Crippen LogP contribution in [0.15, 0.2) is 24.3 Å². The van der Waals surface area contributed by atoms with Gasteiger partial charge >= 0.3 is 0 Å². The third-order valence-corrected chi connectivity index (χ3v) is 3.36. The topological polar surface area (TPSA) is 12.9 Å². The Morgan fingerprint density at radius 2 is 1.93 bits per heavy atom. The molecule has 2 rings (SSSR count). The zero-order valence-electron chi connectivity index (χ0n) is 8.75. The molecule has 1 aromatic carbocycles. The molecular formula is C12H12FNS. The number of hydrogen-bond donors (Lipinski definition) is 0. The molecule has 1 heterocycles. The summed E-state index contributed by atoms with van der Waals surface area (Å²) in [6, 6.07) is 6.51. The summed E-state index contributed by atoms with van der Waals surface area (Å²) in [7, 11) is 0. The van der Waals surface area contributed by atoms with Crippen LogP contribution in [0.25, 0.3) is 11.3 Å². The van der Waals surface area contributed by atoms with Crippen molar-refractivity contribution in [2.24, 2.45) is 0 Å². The molecule has 0 N–H and O–H groups in total. The Balaban J connectivity index is 2.48. The summed E-state index contributed by atoms with van der Waals surface area (Å²) in [4.78, 5) is 5.74. The van der Waals surface area contributed by atoms with Crippen molar-refractivity contribution < 1.29 is 4.39 Å². The molecular weight excluding hydrogens is 209 g/mol. The van der Waals surface area contributed by atoms with Gasteiger partial charge in [0, 0.05) is 10.4 Å². The first kappa shape index (κ1) is 10.3. The second-order valence-corrected chi connectivity index (χ2v) is 4.65. The standard InChI is InChI=1S/C12H12FNS/c1-3-11-12(14-8(2)15-11)9-4-6-10(13)7-5-9/h4-7H,3H2,1-2H3. The van der Waals surface area contributed by atoms with Gasteiger partial charge in [-0.2, -0.15) is 0 Å². The van der Waals surface area contributed by atoms with Crippen LogP contribution < -0.4 is 0 Å². The quantitative estimate of drug-likeness (QED) is 0.751. The molecule has 0 aliphatic carbocycles. The molecule has 15 heavy (non-hydrogen) atoms. The van der Waals surface area contributed by atoms with Crippen LogP contribution >= 0.6 is 11.3 Å². The van der Waals surface area contributed by atoms with E-state index in [1.54, 1.807) is 23.5 Å². The molecule has 0 bridgehead atoms. The van der Waals surface area contributed by atoms with E-state index in [1.807, 2.05) is 6.92 Å². The van der Waals surface area contributed by atoms with E-state index in [-0.39, 0.29) is 5.82 Å². The average Bonchev–Trinajstić information content (AvgIpc) is 2.61. The van der Waals surface area contributed by atoms with Crippen LogP contribution in [0.4, 0.5) is 4.39 Å². The van der Waals surface area contributed by atoms with E-state index in [0.717, 1.165) is 22.7 Å². The summed E-state index contributed by atoms with van der Waals surface area (Å²) in [5, 5.41) is 1.06. The van der Waals surface area contributed by atoms with Crippen molar-refractivity contribution in [1.29, 1.82) is 0 Å². The number of halogens is 1. The van der Waals surface area contributed by atoms with Gasteiger partial charge in [0.25, 0.3) is 0 Å². The second kappa shape index (κ2) is 4.11. The highest BCUT2D eigenvalue weighted by Crippen LogP contribution is 2.28. The summed E-state index contributed by atoms with van der Waals surface area (Å²) in [5.74, 6) is -0.205. The normalized spacial score (nSPS) is 10.6. The fourth-order valence-electron chi connectivity index (χ4n) is 1.54. The molecule has 78 valence electrons. The first-order chi connectivity index (χ1) is 7.20. The van der Waals surface area contributed by atoms with Gasteiger partial charge in [-0.15, -0.1) is 11.3 Å². The Kier molecular flexibility index (Phi) is 2.82. The van der Waals surface area contributed by atoms with Crippen LogP contribution in [-0.2, 0) is 6.42 Å². The molecule has 1 aromatic heterocycles. The van der Waals surface area contributed by atoms with Gasteiger partial charge in [-0.25, -0.2) is 9.37 Å². The number of aryl methyl sites for hydroxylation is 2. The lowest BCUT2D eigenvalue weighted by Gasteiger charge is -1.99. The van der Waals surface area contributed by atoms with Crippen molar-refractivity contribution in [1.82, 2.24) is 4.98 Å². The average molecular weight is 221 g/mol. The highest BCUT2D eigenvalue weighted by molar-refractivity contribution is 7.12. The van der Waals surface area contributed by atoms with Crippen molar-refractivity contribution in [2.45, 2.75) is 20.3 Å². The number of thiazole rings is 1. The monoisotopic (exact) mass is 221 g/mol. The Morgan fingerprint density at radius 3 is 2.53 bits per heavy atom. The number of benzene rings is 1. The van der Waals surface area contributed by atoms with Gasteiger partial charge in [0.2, 0.25) is 0 Å². The fraction of sp³-hybridized carbons (Fsp3) is 0.250. The van der Waals surface area contributed by atoms with Gasteiger partial charge in [0.05, 0.1) is 10.7 Å². The van der Waals surface area contributed by atoms with Crippen molar-refractivity contribution in [2.75, 3.05) is 0 Å². The highest BCUT2D eigenvalue weighted by Gasteiger charge is 2.09. The summed E-state index contributed by atoms with van der Waals surface area (Å²) < 4.78 is 12.8. The van der Waals surface area contributed by atoms with Gasteiger partial charge in [0.15, 0.2) is 0 Å². The molecule has 0 aliphatic rings. The predicted molar refractivity (Wildman–Crippen MR) is 61.6 cm³/mol. The molecule has 0 radical (unpaired) electrons. The van der Waals surface area contributed by atoms with E-state index in [4.69, 9.17) is 0 Å². The second-order valence-electron chi connectivity index (χ2n) is 3.37. The van der Waals surface area contributed by atoms with E-state index in [2.05, 4.69) is 11.9 Å². The van der Waals surface area contributed by atoms with E-state index in [1.165, 1.54) is 17.0 Å². The van der Waals surface area contributed by atoms with Crippen LogP contribution in [0.5, 0.6) is 0 Å². The molecule has 0 fully saturated rings. The minimum absolute atomic E-state index is 0.205. The van der Waals surface area contributed by atoms with Crippen molar-refractivity contribution in [3.05, 3.63) is 40.0 Å². The number of nitrogens with zero attached hydrogens (tertiary/aromatic N) is 1. The van der Waals surface area contributed by atoms with Gasteiger partial charge in [-0.05, 0) is 37.6 Å². The van der Waals surface area contributed by atoms with E-state index in [0.29, 0.717) is 0 Å². The zero-order chi connectivity index (χ0) is 10.8. The lowest BCUT2D eigenvalue weighted by atomic mass is 10.1. The fourth-order valence-corrected chi connectivity index (χ4v) is 2.44.